The zero-order chi connectivity index (χ0) is 8.49. The molecule has 1 radical (unpaired) electrons. The number of rotatable bonds is 0. The van der Waals surface area contributed by atoms with Gasteiger partial charge in [0.05, 0.1) is 0 Å². The summed E-state index contributed by atoms with van der Waals surface area (Å²) in [5.41, 5.74) is 0. The number of benzene rings is 1. The average molecular weight is 197 g/mol. The number of hydrogen-bond donors (Lipinski definition) is 0. The third-order valence-electron chi connectivity index (χ3n) is 1.15. The van der Waals surface area contributed by atoms with Crippen molar-refractivity contribution in [3.8, 4) is 0 Å². The molecule has 2 aromatic rings. The van der Waals surface area contributed by atoms with Crippen molar-refractivity contribution in [1.82, 2.24) is 10.2 Å². The van der Waals surface area contributed by atoms with Crippen LogP contribution in [-0.2, 0) is 0 Å². The fourth-order valence-electron chi connectivity index (χ4n) is 0.638. The molecule has 0 amide bonds. The van der Waals surface area contributed by atoms with E-state index >= 15 is 0 Å². The van der Waals surface area contributed by atoms with Gasteiger partial charge in [0.25, 0.3) is 0 Å². The van der Waals surface area contributed by atoms with Crippen LogP contribution in [0.15, 0.2) is 60.9 Å². The first kappa shape index (κ1) is 12.9. The van der Waals surface area contributed by atoms with Crippen LogP contribution >= 0.6 is 0 Å². The maximum atomic E-state index is 3.53. The van der Waals surface area contributed by atoms with E-state index in [4.69, 9.17) is 0 Å². The van der Waals surface area contributed by atoms with E-state index in [1.807, 2.05) is 48.5 Å². The van der Waals surface area contributed by atoms with Crippen molar-refractivity contribution >= 4 is 51.4 Å². The van der Waals surface area contributed by atoms with Gasteiger partial charge in [0.1, 0.15) is 0 Å². The predicted octanol–water partition coefficient (Wildman–Crippen LogP) is 1.78. The second kappa shape index (κ2) is 10.0. The molecule has 1 heterocycles. The molecule has 0 aliphatic rings. The third-order valence-corrected chi connectivity index (χ3v) is 1.15. The van der Waals surface area contributed by atoms with Crippen molar-refractivity contribution in [3.05, 3.63) is 60.9 Å². The van der Waals surface area contributed by atoms with Gasteiger partial charge in [0, 0.05) is 63.8 Å². The first-order chi connectivity index (χ1) is 6.00. The van der Waals surface area contributed by atoms with Gasteiger partial charge in [-0.1, -0.05) is 36.4 Å². The molecule has 0 atom stereocenters. The van der Waals surface area contributed by atoms with Gasteiger partial charge in [0.2, 0.25) is 0 Å². The van der Waals surface area contributed by atoms with Crippen LogP contribution in [-0.4, -0.2) is 61.6 Å². The van der Waals surface area contributed by atoms with Crippen LogP contribution in [0.3, 0.4) is 0 Å². The zero-order valence-corrected chi connectivity index (χ0v) is 10.8. The van der Waals surface area contributed by atoms with Crippen LogP contribution in [0.2, 0.25) is 0 Å². The minimum Gasteiger partial charge on any atom is -0.159 e. The minimum absolute atomic E-state index is 0. The van der Waals surface area contributed by atoms with E-state index in [0.29, 0.717) is 0 Å². The van der Waals surface area contributed by atoms with E-state index in [2.05, 4.69) is 10.2 Å². The third kappa shape index (κ3) is 8.27. The van der Waals surface area contributed by atoms with Crippen molar-refractivity contribution < 1.29 is 0 Å². The Morgan fingerprint density at radius 2 is 0.769 bits per heavy atom. The van der Waals surface area contributed by atoms with Crippen molar-refractivity contribution in [2.75, 3.05) is 0 Å². The van der Waals surface area contributed by atoms with Gasteiger partial charge in [0.15, 0.2) is 0 Å². The summed E-state index contributed by atoms with van der Waals surface area (Å²) in [7, 11) is 0. The predicted molar refractivity (Wildman–Crippen MR) is 54.2 cm³/mol. The van der Waals surface area contributed by atoms with E-state index < -0.39 is 0 Å². The Morgan fingerprint density at radius 3 is 0.923 bits per heavy atom. The van der Waals surface area contributed by atoms with Gasteiger partial charge in [-0.05, 0) is 12.1 Å². The second-order valence-corrected chi connectivity index (χ2v) is 2.07. The summed E-state index contributed by atoms with van der Waals surface area (Å²) in [6.07, 6.45) is 3.28. The summed E-state index contributed by atoms with van der Waals surface area (Å²) in [5.74, 6) is 0. The molecule has 0 bridgehead atoms. The molecular weight excluding hydrogens is 187 g/mol. The average Bonchev–Trinajstić information content (AvgIpc) is 2.24. The topological polar surface area (TPSA) is 25.8 Å². The maximum absolute atomic E-state index is 3.53. The SMILES string of the molecule is [K].c1ccccc1.c1ccnnc1. The Labute approximate surface area is 121 Å². The molecule has 2 nitrogen and oxygen atoms in total. The van der Waals surface area contributed by atoms with Crippen molar-refractivity contribution in [2.24, 2.45) is 0 Å². The Balaban J connectivity index is 0.000000206. The summed E-state index contributed by atoms with van der Waals surface area (Å²) in [5, 5.41) is 7.07. The van der Waals surface area contributed by atoms with Crippen molar-refractivity contribution in [3.63, 3.8) is 0 Å². The standard InChI is InChI=1S/C6H6.C4H4N2.K/c2*1-2-4-6-5-3-1;/h1-6H;1-4H;. The van der Waals surface area contributed by atoms with Crippen molar-refractivity contribution in [2.45, 2.75) is 0 Å². The molecule has 13 heavy (non-hydrogen) atoms. The number of aromatic nitrogens is 2. The second-order valence-electron chi connectivity index (χ2n) is 2.07. The van der Waals surface area contributed by atoms with E-state index in [1.54, 1.807) is 12.4 Å². The largest absolute Gasteiger partial charge is 0.159 e. The summed E-state index contributed by atoms with van der Waals surface area (Å²) < 4.78 is 0. The Kier molecular flexibility index (Phi) is 9.97. The van der Waals surface area contributed by atoms with E-state index in [9.17, 15) is 0 Å². The zero-order valence-electron chi connectivity index (χ0n) is 7.67. The first-order valence-corrected chi connectivity index (χ1v) is 3.72. The maximum Gasteiger partial charge on any atom is 0.0496 e. The molecule has 61 valence electrons. The molecular formula is C10H10KN2. The van der Waals surface area contributed by atoms with Crippen LogP contribution in [0.5, 0.6) is 0 Å². The monoisotopic (exact) mass is 197 g/mol. The molecule has 0 aliphatic heterocycles. The molecule has 1 aromatic carbocycles. The molecule has 0 N–H and O–H groups in total. The summed E-state index contributed by atoms with van der Waals surface area (Å²) in [6, 6.07) is 15.7. The summed E-state index contributed by atoms with van der Waals surface area (Å²) in [4.78, 5) is 0. The van der Waals surface area contributed by atoms with E-state index in [0.717, 1.165) is 0 Å². The smallest absolute Gasteiger partial charge is 0.0496 e. The van der Waals surface area contributed by atoms with Crippen molar-refractivity contribution in [1.29, 1.82) is 0 Å². The van der Waals surface area contributed by atoms with Crippen LogP contribution < -0.4 is 0 Å². The first-order valence-electron chi connectivity index (χ1n) is 3.72. The molecule has 0 unspecified atom stereocenters. The molecule has 3 heteroatoms. The summed E-state index contributed by atoms with van der Waals surface area (Å²) in [6.45, 7) is 0. The molecule has 0 aliphatic carbocycles. The molecule has 0 saturated carbocycles. The van der Waals surface area contributed by atoms with Gasteiger partial charge in [-0.25, -0.2) is 0 Å². The molecule has 2 rings (SSSR count). The van der Waals surface area contributed by atoms with Gasteiger partial charge in [-0.15, -0.1) is 0 Å². The fourth-order valence-corrected chi connectivity index (χ4v) is 0.638. The summed E-state index contributed by atoms with van der Waals surface area (Å²) >= 11 is 0. The normalized spacial score (nSPS) is 7.38. The van der Waals surface area contributed by atoms with Gasteiger partial charge < -0.3 is 0 Å². The van der Waals surface area contributed by atoms with Crippen LogP contribution in [0, 0.1) is 0 Å². The minimum atomic E-state index is 0. The molecule has 0 saturated heterocycles. The van der Waals surface area contributed by atoms with E-state index in [-0.39, 0.29) is 51.4 Å². The van der Waals surface area contributed by atoms with Crippen LogP contribution in [0.4, 0.5) is 0 Å². The van der Waals surface area contributed by atoms with Gasteiger partial charge in [-0.2, -0.15) is 10.2 Å². The van der Waals surface area contributed by atoms with Gasteiger partial charge in [-0.3, -0.25) is 0 Å². The Morgan fingerprint density at radius 1 is 0.462 bits per heavy atom. The van der Waals surface area contributed by atoms with Crippen LogP contribution in [0.1, 0.15) is 0 Å². The fraction of sp³-hybridized carbons (Fsp3) is 0. The molecule has 1 aromatic heterocycles. The van der Waals surface area contributed by atoms with E-state index in [1.165, 1.54) is 0 Å². The quantitative estimate of drug-likeness (QED) is 0.602. The van der Waals surface area contributed by atoms with Gasteiger partial charge >= 0.3 is 0 Å². The molecule has 0 spiro atoms. The number of nitrogens with zero attached hydrogens (tertiary/aromatic N) is 2. The molecule has 0 fully saturated rings. The number of hydrogen-bond acceptors (Lipinski definition) is 2. The van der Waals surface area contributed by atoms with Crippen LogP contribution in [0.25, 0.3) is 0 Å². The Hall–Kier alpha value is -0.0636. The Bertz CT molecular complexity index is 188.